The number of unbranched alkanes of at least 4 members (excludes halogenated alkanes) is 1. The average Bonchev–Trinajstić information content (AvgIpc) is 2.55. The second-order valence-corrected chi connectivity index (χ2v) is 9.68. The molecule has 1 aromatic rings. The molecule has 0 fully saturated rings. The molecule has 0 radical (unpaired) electrons. The van der Waals surface area contributed by atoms with Crippen LogP contribution in [0, 0.1) is 0 Å². The van der Waals surface area contributed by atoms with Gasteiger partial charge in [-0.1, -0.05) is 53.7 Å². The van der Waals surface area contributed by atoms with Crippen LogP contribution >= 0.6 is 0 Å². The largest absolute Gasteiger partial charge is 0.507 e. The van der Waals surface area contributed by atoms with Gasteiger partial charge in [0.25, 0.3) is 0 Å². The van der Waals surface area contributed by atoms with E-state index in [1.165, 1.54) is 0 Å². The molecule has 29 heavy (non-hydrogen) atoms. The number of nitrogens with one attached hydrogen (secondary N) is 1. The summed E-state index contributed by atoms with van der Waals surface area (Å²) >= 11 is 0. The Balaban J connectivity index is 2.77. The van der Waals surface area contributed by atoms with E-state index in [0.29, 0.717) is 25.0 Å². The van der Waals surface area contributed by atoms with Crippen LogP contribution in [0.25, 0.3) is 0 Å². The number of hydrogen-bond donors (Lipinski definition) is 3. The van der Waals surface area contributed by atoms with Crippen LogP contribution in [0.15, 0.2) is 12.1 Å². The Bertz CT molecular complexity index is 720. The molecule has 0 aliphatic carbocycles. The number of aryl methyl sites for hydroxylation is 1. The molecule has 0 saturated heterocycles. The number of carbonyl (C=O) groups is 3. The number of nitrogens with two attached hydrogens (primary N) is 1. The third-order valence-electron chi connectivity index (χ3n) is 4.78. The molecule has 0 atom stereocenters. The number of phenolic OH excluding ortho intramolecular Hbond substituents is 1. The Morgan fingerprint density at radius 3 is 1.76 bits per heavy atom. The van der Waals surface area contributed by atoms with Gasteiger partial charge in [-0.15, -0.1) is 0 Å². The van der Waals surface area contributed by atoms with Gasteiger partial charge in [-0.25, -0.2) is 0 Å². The first-order valence-electron chi connectivity index (χ1n) is 10.2. The summed E-state index contributed by atoms with van der Waals surface area (Å²) in [4.78, 5) is 34.7. The summed E-state index contributed by atoms with van der Waals surface area (Å²) in [6.45, 7) is 12.3. The van der Waals surface area contributed by atoms with Crippen molar-refractivity contribution in [3.05, 3.63) is 28.8 Å². The molecular weight excluding hydrogens is 368 g/mol. The lowest BCUT2D eigenvalue weighted by atomic mass is 9.78. The number of amides is 3. The fourth-order valence-corrected chi connectivity index (χ4v) is 3.11. The molecule has 0 aliphatic heterocycles. The highest BCUT2D eigenvalue weighted by atomic mass is 16.3. The van der Waals surface area contributed by atoms with E-state index < -0.39 is 0 Å². The molecule has 0 aromatic heterocycles. The number of carbonyl (C=O) groups excluding carboxylic acids is 3. The van der Waals surface area contributed by atoms with Crippen LogP contribution in [0.2, 0.25) is 0 Å². The van der Waals surface area contributed by atoms with Crippen molar-refractivity contribution in [2.75, 3.05) is 0 Å². The normalized spacial score (nSPS) is 11.9. The third kappa shape index (κ3) is 8.26. The predicted molar refractivity (Wildman–Crippen MR) is 115 cm³/mol. The van der Waals surface area contributed by atoms with Gasteiger partial charge < -0.3 is 10.8 Å². The first-order chi connectivity index (χ1) is 13.2. The van der Waals surface area contributed by atoms with Crippen LogP contribution in [0.1, 0.15) is 90.3 Å². The standard InChI is InChI=1S/C23H36N2O4/c1-22(2,3)16-13-15(14-17(21(16)29)23(4,5)6)11-12-20(28)25-19(27)10-8-7-9-18(24)26/h13-14,29H,7-12H2,1-6H3,(H2,24,26)(H,25,27,28). The first-order valence-corrected chi connectivity index (χ1v) is 10.2. The number of imide groups is 1. The minimum Gasteiger partial charge on any atom is -0.507 e. The van der Waals surface area contributed by atoms with Gasteiger partial charge in [0, 0.05) is 19.3 Å². The highest BCUT2D eigenvalue weighted by Crippen LogP contribution is 2.39. The highest BCUT2D eigenvalue weighted by Gasteiger charge is 2.26. The van der Waals surface area contributed by atoms with E-state index in [1.807, 2.05) is 53.7 Å². The van der Waals surface area contributed by atoms with E-state index in [1.54, 1.807) is 0 Å². The third-order valence-corrected chi connectivity index (χ3v) is 4.78. The number of rotatable bonds is 8. The summed E-state index contributed by atoms with van der Waals surface area (Å²) in [6, 6.07) is 3.90. The van der Waals surface area contributed by atoms with E-state index in [9.17, 15) is 19.5 Å². The lowest BCUT2D eigenvalue weighted by Gasteiger charge is -2.28. The smallest absolute Gasteiger partial charge is 0.226 e. The minimum absolute atomic E-state index is 0.185. The van der Waals surface area contributed by atoms with Crippen LogP contribution < -0.4 is 11.1 Å². The van der Waals surface area contributed by atoms with Crippen LogP contribution in [-0.4, -0.2) is 22.8 Å². The van der Waals surface area contributed by atoms with Gasteiger partial charge in [0.05, 0.1) is 0 Å². The minimum atomic E-state index is -0.389. The number of primary amides is 1. The molecule has 6 heteroatoms. The van der Waals surface area contributed by atoms with Crippen molar-refractivity contribution in [2.24, 2.45) is 5.73 Å². The van der Waals surface area contributed by atoms with Crippen molar-refractivity contribution in [3.8, 4) is 5.75 Å². The molecule has 0 saturated carbocycles. The number of benzene rings is 1. The summed E-state index contributed by atoms with van der Waals surface area (Å²) in [7, 11) is 0. The van der Waals surface area contributed by atoms with Crippen LogP contribution in [0.4, 0.5) is 0 Å². The molecule has 4 N–H and O–H groups in total. The number of phenols is 1. The van der Waals surface area contributed by atoms with Gasteiger partial charge >= 0.3 is 0 Å². The average molecular weight is 405 g/mol. The van der Waals surface area contributed by atoms with E-state index in [4.69, 9.17) is 5.73 Å². The van der Waals surface area contributed by atoms with Gasteiger partial charge in [-0.2, -0.15) is 0 Å². The van der Waals surface area contributed by atoms with Crippen LogP contribution in [0.3, 0.4) is 0 Å². The molecular formula is C23H36N2O4. The van der Waals surface area contributed by atoms with Gasteiger partial charge in [0.2, 0.25) is 17.7 Å². The van der Waals surface area contributed by atoms with E-state index in [0.717, 1.165) is 16.7 Å². The summed E-state index contributed by atoms with van der Waals surface area (Å²) < 4.78 is 0. The van der Waals surface area contributed by atoms with Gasteiger partial charge in [-0.3, -0.25) is 19.7 Å². The molecule has 1 aromatic carbocycles. The van der Waals surface area contributed by atoms with Gasteiger partial charge in [0.1, 0.15) is 5.75 Å². The first kappa shape index (κ1) is 24.7. The van der Waals surface area contributed by atoms with Crippen molar-refractivity contribution < 1.29 is 19.5 Å². The molecule has 0 aliphatic rings. The Kier molecular flexibility index (Phi) is 8.42. The molecule has 0 bridgehead atoms. The van der Waals surface area contributed by atoms with E-state index in [2.05, 4.69) is 5.32 Å². The maximum absolute atomic E-state index is 12.1. The van der Waals surface area contributed by atoms with Crippen molar-refractivity contribution in [2.45, 2.75) is 90.9 Å². The quantitative estimate of drug-likeness (QED) is 0.575. The lowest BCUT2D eigenvalue weighted by Crippen LogP contribution is -2.30. The monoisotopic (exact) mass is 404 g/mol. The Morgan fingerprint density at radius 2 is 1.31 bits per heavy atom. The van der Waals surface area contributed by atoms with Crippen molar-refractivity contribution in [3.63, 3.8) is 0 Å². The zero-order valence-electron chi connectivity index (χ0n) is 18.6. The summed E-state index contributed by atoms with van der Waals surface area (Å²) in [5.41, 5.74) is 7.26. The lowest BCUT2D eigenvalue weighted by molar-refractivity contribution is -0.130. The van der Waals surface area contributed by atoms with Crippen molar-refractivity contribution >= 4 is 17.7 Å². The Hall–Kier alpha value is -2.37. The van der Waals surface area contributed by atoms with E-state index >= 15 is 0 Å². The summed E-state index contributed by atoms with van der Waals surface area (Å²) in [5.74, 6) is -0.743. The summed E-state index contributed by atoms with van der Waals surface area (Å²) in [6.07, 6.45) is 2.16. The van der Waals surface area contributed by atoms with Crippen LogP contribution in [-0.2, 0) is 31.6 Å². The van der Waals surface area contributed by atoms with Gasteiger partial charge in [-0.05, 0) is 46.8 Å². The van der Waals surface area contributed by atoms with Crippen molar-refractivity contribution in [1.82, 2.24) is 5.32 Å². The predicted octanol–water partition coefficient (Wildman–Crippen LogP) is 3.61. The molecule has 3 amide bonds. The SMILES string of the molecule is CC(C)(C)c1cc(CCC(=O)NC(=O)CCCCC(N)=O)cc(C(C)(C)C)c1O. The molecule has 162 valence electrons. The number of aromatic hydroxyl groups is 1. The Morgan fingerprint density at radius 1 is 0.862 bits per heavy atom. The zero-order valence-corrected chi connectivity index (χ0v) is 18.6. The maximum atomic E-state index is 12.1. The molecule has 1 rings (SSSR count). The maximum Gasteiger partial charge on any atom is 0.226 e. The van der Waals surface area contributed by atoms with Gasteiger partial charge in [0.15, 0.2) is 0 Å². The molecule has 0 spiro atoms. The molecule has 0 unspecified atom stereocenters. The number of hydrogen-bond acceptors (Lipinski definition) is 4. The van der Waals surface area contributed by atoms with Crippen molar-refractivity contribution in [1.29, 1.82) is 0 Å². The van der Waals surface area contributed by atoms with E-state index in [-0.39, 0.29) is 47.8 Å². The molecule has 6 nitrogen and oxygen atoms in total. The Labute approximate surface area is 174 Å². The molecule has 0 heterocycles. The second kappa shape index (κ2) is 9.90. The fraction of sp³-hybridized carbons (Fsp3) is 0.609. The second-order valence-electron chi connectivity index (χ2n) is 9.68. The zero-order chi connectivity index (χ0) is 22.4. The summed E-state index contributed by atoms with van der Waals surface area (Å²) in [5, 5.41) is 13.2. The van der Waals surface area contributed by atoms with Crippen LogP contribution in [0.5, 0.6) is 5.75 Å². The fourth-order valence-electron chi connectivity index (χ4n) is 3.11. The topological polar surface area (TPSA) is 109 Å². The highest BCUT2D eigenvalue weighted by molar-refractivity contribution is 5.95.